The van der Waals surface area contributed by atoms with Crippen molar-refractivity contribution in [3.63, 3.8) is 0 Å². The van der Waals surface area contributed by atoms with Crippen LogP contribution in [0.3, 0.4) is 0 Å². The Morgan fingerprint density at radius 2 is 1.89 bits per heavy atom. The normalized spacial score (nSPS) is 15.5. The Bertz CT molecular complexity index is 328. The lowest BCUT2D eigenvalue weighted by Crippen LogP contribution is -2.47. The van der Waals surface area contributed by atoms with Gasteiger partial charge in [0, 0.05) is 13.1 Å². The minimum Gasteiger partial charge on any atom is -0.409 e. The predicted octanol–water partition coefficient (Wildman–Crippen LogP) is 0.0124. The van der Waals surface area contributed by atoms with E-state index >= 15 is 0 Å². The third-order valence-corrected chi connectivity index (χ3v) is 2.45. The lowest BCUT2D eigenvalue weighted by atomic mass is 9.92. The number of nitrogens with two attached hydrogens (primary N) is 2. The van der Waals surface area contributed by atoms with Gasteiger partial charge in [-0.3, -0.25) is 4.79 Å². The third-order valence-electron chi connectivity index (χ3n) is 2.45. The van der Waals surface area contributed by atoms with Gasteiger partial charge in [0.2, 0.25) is 5.91 Å². The molecule has 0 saturated carbocycles. The highest BCUT2D eigenvalue weighted by atomic mass is 19.4. The lowest BCUT2D eigenvalue weighted by Gasteiger charge is -2.24. The van der Waals surface area contributed by atoms with E-state index in [0.29, 0.717) is 0 Å². The van der Waals surface area contributed by atoms with E-state index in [0.717, 1.165) is 0 Å². The number of nitrogens with one attached hydrogen (secondary N) is 1. The second kappa shape index (κ2) is 5.89. The van der Waals surface area contributed by atoms with Crippen molar-refractivity contribution in [2.75, 3.05) is 13.1 Å². The second-order valence-corrected chi connectivity index (χ2v) is 4.50. The average molecular weight is 270 g/mol. The number of oxime groups is 1. The fourth-order valence-corrected chi connectivity index (χ4v) is 1.07. The molecule has 0 aromatic rings. The van der Waals surface area contributed by atoms with Crippen LogP contribution >= 0.6 is 0 Å². The van der Waals surface area contributed by atoms with E-state index in [9.17, 15) is 18.0 Å². The highest BCUT2D eigenvalue weighted by Crippen LogP contribution is 2.26. The van der Waals surface area contributed by atoms with E-state index in [1.54, 1.807) is 0 Å². The van der Waals surface area contributed by atoms with Gasteiger partial charge in [0.05, 0.1) is 5.41 Å². The van der Waals surface area contributed by atoms with Crippen LogP contribution in [0.5, 0.6) is 0 Å². The summed E-state index contributed by atoms with van der Waals surface area (Å²) in [6, 6.07) is 0. The molecule has 0 aliphatic rings. The lowest BCUT2D eigenvalue weighted by molar-refractivity contribution is -0.155. The Hall–Kier alpha value is -1.51. The number of amidine groups is 1. The van der Waals surface area contributed by atoms with Gasteiger partial charge < -0.3 is 22.0 Å². The van der Waals surface area contributed by atoms with E-state index in [1.807, 2.05) is 0 Å². The number of hydrogen-bond donors (Lipinski definition) is 4. The number of nitrogens with zero attached hydrogens (tertiary/aromatic N) is 1. The zero-order valence-electron chi connectivity index (χ0n) is 10.1. The number of carbonyl (C=O) groups is 1. The van der Waals surface area contributed by atoms with Gasteiger partial charge in [0.15, 0.2) is 5.84 Å². The molecule has 1 atom stereocenters. The molecule has 0 fully saturated rings. The van der Waals surface area contributed by atoms with Gasteiger partial charge >= 0.3 is 6.18 Å². The van der Waals surface area contributed by atoms with Gasteiger partial charge in [-0.25, -0.2) is 0 Å². The Labute approximate surface area is 102 Å². The van der Waals surface area contributed by atoms with E-state index in [-0.39, 0.29) is 6.54 Å². The Kier molecular flexibility index (Phi) is 5.40. The SMILES string of the molecule is CC(C)(CNCC(C(N)=NO)C(F)(F)F)C(N)=O. The molecule has 0 aliphatic heterocycles. The molecule has 6 N–H and O–H groups in total. The van der Waals surface area contributed by atoms with Gasteiger partial charge in [-0.1, -0.05) is 5.16 Å². The number of rotatable bonds is 6. The molecule has 0 aromatic heterocycles. The molecule has 0 rings (SSSR count). The van der Waals surface area contributed by atoms with E-state index in [2.05, 4.69) is 10.5 Å². The molecule has 9 heteroatoms. The first-order valence-corrected chi connectivity index (χ1v) is 5.07. The molecule has 18 heavy (non-hydrogen) atoms. The predicted molar refractivity (Wildman–Crippen MR) is 58.8 cm³/mol. The average Bonchev–Trinajstić information content (AvgIpc) is 2.21. The molecule has 0 bridgehead atoms. The van der Waals surface area contributed by atoms with Gasteiger partial charge in [0.1, 0.15) is 5.92 Å². The topological polar surface area (TPSA) is 114 Å². The maximum absolute atomic E-state index is 12.5. The molecular formula is C9H17F3N4O2. The minimum absolute atomic E-state index is 0.0480. The first-order valence-electron chi connectivity index (χ1n) is 5.07. The molecule has 0 saturated heterocycles. The molecule has 1 amide bonds. The molecule has 1 unspecified atom stereocenters. The fourth-order valence-electron chi connectivity index (χ4n) is 1.07. The first-order chi connectivity index (χ1) is 8.02. The van der Waals surface area contributed by atoms with E-state index in [4.69, 9.17) is 16.7 Å². The summed E-state index contributed by atoms with van der Waals surface area (Å²) in [4.78, 5) is 11.0. The van der Waals surface area contributed by atoms with E-state index < -0.39 is 35.8 Å². The zero-order chi connectivity index (χ0) is 14.6. The number of primary amides is 1. The second-order valence-electron chi connectivity index (χ2n) is 4.50. The first kappa shape index (κ1) is 16.5. The Balaban J connectivity index is 4.53. The zero-order valence-corrected chi connectivity index (χ0v) is 10.1. The number of alkyl halides is 3. The monoisotopic (exact) mass is 270 g/mol. The van der Waals surface area contributed by atoms with Crippen molar-refractivity contribution in [1.29, 1.82) is 0 Å². The summed E-state index contributed by atoms with van der Waals surface area (Å²) in [5.41, 5.74) is 9.05. The number of carbonyl (C=O) groups excluding carboxylic acids is 1. The summed E-state index contributed by atoms with van der Waals surface area (Å²) in [6.45, 7) is 2.34. The fraction of sp³-hybridized carbons (Fsp3) is 0.778. The number of hydrogen-bond acceptors (Lipinski definition) is 4. The van der Waals surface area contributed by atoms with Crippen molar-refractivity contribution in [1.82, 2.24) is 5.32 Å². The van der Waals surface area contributed by atoms with Crippen molar-refractivity contribution < 1.29 is 23.2 Å². The quantitative estimate of drug-likeness (QED) is 0.235. The number of amides is 1. The van der Waals surface area contributed by atoms with Crippen molar-refractivity contribution in [2.24, 2.45) is 28.0 Å². The van der Waals surface area contributed by atoms with Gasteiger partial charge in [-0.2, -0.15) is 13.2 Å². The van der Waals surface area contributed by atoms with E-state index in [1.165, 1.54) is 13.8 Å². The molecule has 0 heterocycles. The molecule has 0 radical (unpaired) electrons. The molecule has 0 aromatic carbocycles. The van der Waals surface area contributed by atoms with Gasteiger partial charge in [0.25, 0.3) is 0 Å². The van der Waals surface area contributed by atoms with Crippen molar-refractivity contribution >= 4 is 11.7 Å². The highest BCUT2D eigenvalue weighted by Gasteiger charge is 2.42. The third kappa shape index (κ3) is 4.78. The van der Waals surface area contributed by atoms with Crippen LogP contribution in [-0.2, 0) is 4.79 Å². The summed E-state index contributed by atoms with van der Waals surface area (Å²) in [7, 11) is 0. The summed E-state index contributed by atoms with van der Waals surface area (Å²) >= 11 is 0. The van der Waals surface area contributed by atoms with Crippen LogP contribution in [0.1, 0.15) is 13.8 Å². The van der Waals surface area contributed by atoms with Crippen LogP contribution < -0.4 is 16.8 Å². The smallest absolute Gasteiger partial charge is 0.400 e. The molecular weight excluding hydrogens is 253 g/mol. The van der Waals surface area contributed by atoms with Crippen molar-refractivity contribution in [3.8, 4) is 0 Å². The maximum atomic E-state index is 12.5. The van der Waals surface area contributed by atoms with Crippen LogP contribution in [0.2, 0.25) is 0 Å². The van der Waals surface area contributed by atoms with Crippen LogP contribution in [0.25, 0.3) is 0 Å². The minimum atomic E-state index is -4.64. The summed E-state index contributed by atoms with van der Waals surface area (Å²) in [5.74, 6) is -3.69. The summed E-state index contributed by atoms with van der Waals surface area (Å²) < 4.78 is 37.6. The largest absolute Gasteiger partial charge is 0.409 e. The molecule has 0 spiro atoms. The molecule has 6 nitrogen and oxygen atoms in total. The maximum Gasteiger partial charge on any atom is 0.400 e. The van der Waals surface area contributed by atoms with Crippen molar-refractivity contribution in [3.05, 3.63) is 0 Å². The highest BCUT2D eigenvalue weighted by molar-refractivity contribution is 5.83. The van der Waals surface area contributed by atoms with Gasteiger partial charge in [-0.05, 0) is 13.8 Å². The van der Waals surface area contributed by atoms with Crippen LogP contribution in [0, 0.1) is 11.3 Å². The Morgan fingerprint density at radius 1 is 1.39 bits per heavy atom. The van der Waals surface area contributed by atoms with Crippen LogP contribution in [0.4, 0.5) is 13.2 Å². The summed E-state index contributed by atoms with van der Waals surface area (Å²) in [5, 5.41) is 13.1. The molecule has 0 aliphatic carbocycles. The molecule has 106 valence electrons. The summed E-state index contributed by atoms with van der Waals surface area (Å²) in [6.07, 6.45) is -4.64. The number of halogens is 3. The van der Waals surface area contributed by atoms with Gasteiger partial charge in [-0.15, -0.1) is 0 Å². The van der Waals surface area contributed by atoms with Crippen LogP contribution in [-0.4, -0.2) is 36.2 Å². The van der Waals surface area contributed by atoms with Crippen molar-refractivity contribution in [2.45, 2.75) is 20.0 Å². The Morgan fingerprint density at radius 3 is 2.22 bits per heavy atom. The standard InChI is InChI=1S/C9H17F3N4O2/c1-8(2,7(14)17)4-15-3-5(6(13)16-18)9(10,11)12/h5,15,18H,3-4H2,1-2H3,(H2,13,16)(H2,14,17). The van der Waals surface area contributed by atoms with Crippen LogP contribution in [0.15, 0.2) is 5.16 Å².